The fraction of sp³-hybridized carbons (Fsp3) is 0.318. The Morgan fingerprint density at radius 3 is 2.71 bits per heavy atom. The van der Waals surface area contributed by atoms with Gasteiger partial charge in [-0.15, -0.1) is 0 Å². The van der Waals surface area contributed by atoms with Gasteiger partial charge < -0.3 is 18.9 Å². The number of amides is 2. The maximum atomic E-state index is 11.8. The van der Waals surface area contributed by atoms with Crippen molar-refractivity contribution < 1.29 is 38.2 Å². The Morgan fingerprint density at radius 2 is 1.94 bits per heavy atom. The van der Waals surface area contributed by atoms with E-state index in [1.165, 1.54) is 0 Å². The Morgan fingerprint density at radius 1 is 1.13 bits per heavy atom. The number of ether oxygens (including phenoxy) is 4. The van der Waals surface area contributed by atoms with Crippen molar-refractivity contribution >= 4 is 18.0 Å². The molecular weight excluding hydrogens is 406 g/mol. The van der Waals surface area contributed by atoms with Crippen molar-refractivity contribution in [3.05, 3.63) is 59.2 Å². The number of rotatable bonds is 6. The minimum absolute atomic E-state index is 0.0217. The third-order valence-corrected chi connectivity index (χ3v) is 4.72. The average molecular weight is 427 g/mol. The van der Waals surface area contributed by atoms with Crippen molar-refractivity contribution in [1.29, 1.82) is 0 Å². The maximum Gasteiger partial charge on any atom is 0.534 e. The van der Waals surface area contributed by atoms with E-state index in [0.717, 1.165) is 16.9 Å². The van der Waals surface area contributed by atoms with E-state index in [0.29, 0.717) is 29.6 Å². The van der Waals surface area contributed by atoms with Crippen molar-refractivity contribution in [2.45, 2.75) is 39.3 Å². The zero-order valence-corrected chi connectivity index (χ0v) is 16.9. The van der Waals surface area contributed by atoms with Gasteiger partial charge in [-0.25, -0.2) is 4.79 Å². The molecule has 2 heterocycles. The molecule has 2 amide bonds. The van der Waals surface area contributed by atoms with E-state index in [9.17, 15) is 14.4 Å². The molecule has 0 radical (unpaired) electrons. The Balaban J connectivity index is 1.35. The molecule has 0 N–H and O–H groups in total. The standard InChI is InChI=1S/C22H21NO8/c1-2-27-17-5-3-4-15(11-17)21-28-13-16-10-14(6-7-18(16)30-21)12-29-22(26)31-23-19(24)8-9-20(23)25/h3-7,10-11,21H,2,8-9,12-13H2,1H3. The fourth-order valence-electron chi connectivity index (χ4n) is 3.25. The fourth-order valence-corrected chi connectivity index (χ4v) is 3.25. The molecule has 2 aromatic carbocycles. The summed E-state index contributed by atoms with van der Waals surface area (Å²) in [5.74, 6) is 0.283. The Hall–Kier alpha value is -3.59. The molecule has 4 rings (SSSR count). The van der Waals surface area contributed by atoms with Crippen LogP contribution in [0.25, 0.3) is 0 Å². The molecule has 0 spiro atoms. The molecule has 0 aromatic heterocycles. The summed E-state index contributed by atoms with van der Waals surface area (Å²) in [6.07, 6.45) is -1.63. The SMILES string of the molecule is CCOc1cccc(C2OCc3cc(COC(=O)ON4C(=O)CCC4=O)ccc3O2)c1. The molecule has 1 atom stereocenters. The van der Waals surface area contributed by atoms with E-state index in [2.05, 4.69) is 4.84 Å². The molecule has 1 saturated heterocycles. The maximum absolute atomic E-state index is 11.8. The number of nitrogens with zero attached hydrogens (tertiary/aromatic N) is 1. The molecule has 2 aliphatic heterocycles. The first-order valence-electron chi connectivity index (χ1n) is 9.87. The zero-order chi connectivity index (χ0) is 21.8. The molecule has 1 fully saturated rings. The van der Waals surface area contributed by atoms with Crippen LogP contribution < -0.4 is 9.47 Å². The van der Waals surface area contributed by atoms with Crippen molar-refractivity contribution in [2.24, 2.45) is 0 Å². The van der Waals surface area contributed by atoms with Crippen molar-refractivity contribution in [3.63, 3.8) is 0 Å². The highest BCUT2D eigenvalue weighted by Gasteiger charge is 2.33. The molecule has 0 saturated carbocycles. The van der Waals surface area contributed by atoms with Gasteiger partial charge in [-0.1, -0.05) is 23.3 Å². The molecule has 0 aliphatic carbocycles. The minimum Gasteiger partial charge on any atom is -0.494 e. The van der Waals surface area contributed by atoms with Gasteiger partial charge in [0.25, 0.3) is 11.8 Å². The number of hydroxylamine groups is 2. The molecule has 9 heteroatoms. The number of hydrogen-bond donors (Lipinski definition) is 0. The van der Waals surface area contributed by atoms with Gasteiger partial charge >= 0.3 is 6.16 Å². The van der Waals surface area contributed by atoms with Crippen LogP contribution >= 0.6 is 0 Å². The number of hydrogen-bond acceptors (Lipinski definition) is 8. The summed E-state index contributed by atoms with van der Waals surface area (Å²) in [7, 11) is 0. The van der Waals surface area contributed by atoms with Gasteiger partial charge in [0.05, 0.1) is 13.2 Å². The number of fused-ring (bicyclic) bond motifs is 1. The van der Waals surface area contributed by atoms with Crippen molar-refractivity contribution in [2.75, 3.05) is 6.61 Å². The highest BCUT2D eigenvalue weighted by Crippen LogP contribution is 2.34. The van der Waals surface area contributed by atoms with Crippen LogP contribution in [0.1, 0.15) is 42.7 Å². The monoisotopic (exact) mass is 427 g/mol. The lowest BCUT2D eigenvalue weighted by Crippen LogP contribution is -2.32. The molecule has 0 bridgehead atoms. The second-order valence-electron chi connectivity index (χ2n) is 6.92. The molecule has 31 heavy (non-hydrogen) atoms. The second kappa shape index (κ2) is 9.05. The Kier molecular flexibility index (Phi) is 6.03. The smallest absolute Gasteiger partial charge is 0.494 e. The van der Waals surface area contributed by atoms with Gasteiger partial charge in [0.2, 0.25) is 6.29 Å². The van der Waals surface area contributed by atoms with Crippen LogP contribution in [0.3, 0.4) is 0 Å². The van der Waals surface area contributed by atoms with Gasteiger partial charge in [0, 0.05) is 24.0 Å². The Labute approximate surface area is 178 Å². The normalized spacial score (nSPS) is 17.7. The molecule has 2 aliphatic rings. The minimum atomic E-state index is -1.12. The third-order valence-electron chi connectivity index (χ3n) is 4.72. The Bertz CT molecular complexity index is 989. The van der Waals surface area contributed by atoms with E-state index in [1.54, 1.807) is 18.2 Å². The topological polar surface area (TPSA) is 101 Å². The van der Waals surface area contributed by atoms with Crippen LogP contribution in [0.15, 0.2) is 42.5 Å². The van der Waals surface area contributed by atoms with Gasteiger partial charge in [-0.3, -0.25) is 14.4 Å². The van der Waals surface area contributed by atoms with Gasteiger partial charge in [-0.2, -0.15) is 0 Å². The second-order valence-corrected chi connectivity index (χ2v) is 6.92. The summed E-state index contributed by atoms with van der Waals surface area (Å²) < 4.78 is 22.3. The first-order valence-corrected chi connectivity index (χ1v) is 9.87. The van der Waals surface area contributed by atoms with Gasteiger partial charge in [0.1, 0.15) is 18.1 Å². The van der Waals surface area contributed by atoms with Crippen LogP contribution in [0.2, 0.25) is 0 Å². The highest BCUT2D eigenvalue weighted by atomic mass is 16.8. The van der Waals surface area contributed by atoms with Crippen LogP contribution in [-0.2, 0) is 37.1 Å². The number of benzene rings is 2. The predicted octanol–water partition coefficient (Wildman–Crippen LogP) is 3.41. The quantitative estimate of drug-likeness (QED) is 0.511. The van der Waals surface area contributed by atoms with Crippen LogP contribution in [0.4, 0.5) is 4.79 Å². The summed E-state index contributed by atoms with van der Waals surface area (Å²) in [4.78, 5) is 39.4. The molecule has 9 nitrogen and oxygen atoms in total. The highest BCUT2D eigenvalue weighted by molar-refractivity contribution is 6.01. The summed E-state index contributed by atoms with van der Waals surface area (Å²) in [5.41, 5.74) is 2.33. The summed E-state index contributed by atoms with van der Waals surface area (Å²) in [6.45, 7) is 2.71. The first-order chi connectivity index (χ1) is 15.0. The predicted molar refractivity (Wildman–Crippen MR) is 105 cm³/mol. The largest absolute Gasteiger partial charge is 0.534 e. The summed E-state index contributed by atoms with van der Waals surface area (Å²) >= 11 is 0. The van der Waals surface area contributed by atoms with Crippen LogP contribution in [0, 0.1) is 0 Å². The van der Waals surface area contributed by atoms with E-state index < -0.39 is 24.3 Å². The van der Waals surface area contributed by atoms with E-state index in [-0.39, 0.29) is 19.4 Å². The number of carbonyl (C=O) groups is 3. The molecule has 1 unspecified atom stereocenters. The molecular formula is C22H21NO8. The van der Waals surface area contributed by atoms with Crippen LogP contribution in [0.5, 0.6) is 11.5 Å². The lowest BCUT2D eigenvalue weighted by molar-refractivity contribution is -0.177. The number of imide groups is 1. The molecule has 2 aromatic rings. The average Bonchev–Trinajstić information content (AvgIpc) is 3.09. The third kappa shape index (κ3) is 4.77. The molecule has 162 valence electrons. The zero-order valence-electron chi connectivity index (χ0n) is 16.9. The first kappa shape index (κ1) is 20.7. The van der Waals surface area contributed by atoms with Crippen molar-refractivity contribution in [3.8, 4) is 11.5 Å². The van der Waals surface area contributed by atoms with Gasteiger partial charge in [-0.05, 0) is 36.8 Å². The number of carbonyl (C=O) groups excluding carboxylic acids is 3. The summed E-state index contributed by atoms with van der Waals surface area (Å²) in [6, 6.07) is 12.8. The van der Waals surface area contributed by atoms with Crippen molar-refractivity contribution in [1.82, 2.24) is 5.06 Å². The lowest BCUT2D eigenvalue weighted by atomic mass is 10.1. The van der Waals surface area contributed by atoms with E-state index >= 15 is 0 Å². The summed E-state index contributed by atoms with van der Waals surface area (Å²) in [5, 5.41) is 0.442. The van der Waals surface area contributed by atoms with Crippen LogP contribution in [-0.4, -0.2) is 29.6 Å². The van der Waals surface area contributed by atoms with Gasteiger partial charge in [0.15, 0.2) is 0 Å². The van der Waals surface area contributed by atoms with E-state index in [1.807, 2.05) is 31.2 Å². The van der Waals surface area contributed by atoms with E-state index in [4.69, 9.17) is 18.9 Å². The lowest BCUT2D eigenvalue weighted by Gasteiger charge is -2.27.